The number of hydrogen-bond donors (Lipinski definition) is 5. The van der Waals surface area contributed by atoms with Crippen LogP contribution < -0.4 is 26.6 Å². The zero-order chi connectivity index (χ0) is 25.0. The van der Waals surface area contributed by atoms with E-state index in [1.165, 1.54) is 6.92 Å². The predicted molar refractivity (Wildman–Crippen MR) is 105 cm³/mol. The van der Waals surface area contributed by atoms with Gasteiger partial charge in [-0.05, 0) is 6.92 Å². The smallest absolute Gasteiger partial charge is 0.243 e. The molecule has 0 aliphatic carbocycles. The van der Waals surface area contributed by atoms with Crippen molar-refractivity contribution >= 4 is 47.6 Å². The second-order valence-corrected chi connectivity index (χ2v) is 6.59. The van der Waals surface area contributed by atoms with Crippen molar-refractivity contribution in [3.63, 3.8) is 0 Å². The molecule has 0 bridgehead atoms. The quantitative estimate of drug-likeness (QED) is 0.243. The summed E-state index contributed by atoms with van der Waals surface area (Å²) in [6, 6.07) is 0. The lowest BCUT2D eigenvalue weighted by Crippen LogP contribution is -2.54. The van der Waals surface area contributed by atoms with Crippen LogP contribution in [0.25, 0.3) is 0 Å². The fraction of sp³-hybridized carbons (Fsp3) is 0.529. The van der Waals surface area contributed by atoms with Gasteiger partial charge in [0.15, 0.2) is 0 Å². The lowest BCUT2D eigenvalue weighted by atomic mass is 10.3. The topological polar surface area (TPSA) is 203 Å². The molecule has 0 aromatic heterocycles. The number of amides is 7. The average molecular weight is 456 g/mol. The summed E-state index contributed by atoms with van der Waals surface area (Å²) in [5, 5.41) is 11.0. The van der Waals surface area contributed by atoms with Crippen LogP contribution in [0, 0.1) is 0 Å². The Morgan fingerprint density at radius 2 is 1.62 bits per heavy atom. The molecule has 0 spiro atoms. The summed E-state index contributed by atoms with van der Waals surface area (Å²) < 4.78 is 6.75. The van der Waals surface area contributed by atoms with Gasteiger partial charge in [0.05, 0.1) is 32.8 Å². The molecule has 0 aromatic carbocycles. The molecule has 0 atom stereocenters. The Hall–Kier alpha value is -4.04. The van der Waals surface area contributed by atoms with Crippen LogP contribution in [0.15, 0.2) is 0 Å². The van der Waals surface area contributed by atoms with Crippen molar-refractivity contribution in [1.82, 2.24) is 36.4 Å². The van der Waals surface area contributed by atoms with Crippen LogP contribution in [0.1, 0.15) is 8.29 Å². The summed E-state index contributed by atoms with van der Waals surface area (Å²) in [7, 11) is 0. The maximum atomic E-state index is 12.4. The zero-order valence-electron chi connectivity index (χ0n) is 18.3. The van der Waals surface area contributed by atoms with Crippen LogP contribution in [0.4, 0.5) is 0 Å². The van der Waals surface area contributed by atoms with Gasteiger partial charge in [-0.25, -0.2) is 0 Å². The Morgan fingerprint density at radius 3 is 2.22 bits per heavy atom. The number of ketones is 1. The molecule has 1 aliphatic heterocycles. The normalized spacial score (nSPS) is 16.6. The summed E-state index contributed by atoms with van der Waals surface area (Å²) in [5.74, 6) is -4.89. The van der Waals surface area contributed by atoms with Gasteiger partial charge < -0.3 is 36.4 Å². The summed E-state index contributed by atoms with van der Waals surface area (Å²) in [5.41, 5.74) is 0. The standard InChI is InChI=1S/C17H25N7O8/c1-11(26)2-19-15(30)8-24-9-22-12(27)3-20-13(28)6-23(16(31)4-18-10-25)7-14(29)21-5-17(24)32/h10H,2-9H2,1H3,(H,18,25)(H,19,30)(H,20,28)(H,21,29)(H,22,27)/i10D. The molecule has 0 aromatic rings. The molecular formula is C17H25N7O8. The van der Waals surface area contributed by atoms with Crippen molar-refractivity contribution in [2.45, 2.75) is 6.92 Å². The Kier molecular flexibility index (Phi) is 10.1. The second-order valence-electron chi connectivity index (χ2n) is 6.59. The largest absolute Gasteiger partial charge is 0.350 e. The van der Waals surface area contributed by atoms with Gasteiger partial charge in [0.25, 0.3) is 0 Å². The molecule has 1 saturated heterocycles. The summed E-state index contributed by atoms with van der Waals surface area (Å²) in [6.07, 6.45) is -1.24. The number of Topliss-reactive ketones (excluding diaryl/α,β-unsaturated/α-hetero) is 1. The van der Waals surface area contributed by atoms with Crippen molar-refractivity contribution in [2.24, 2.45) is 0 Å². The van der Waals surface area contributed by atoms with Crippen LogP contribution in [0.5, 0.6) is 0 Å². The Bertz CT molecular complexity index is 834. The van der Waals surface area contributed by atoms with Gasteiger partial charge in [0.2, 0.25) is 41.8 Å². The second kappa shape index (κ2) is 13.3. The molecule has 15 nitrogen and oxygen atoms in total. The number of rotatable bonds is 6. The van der Waals surface area contributed by atoms with Crippen molar-refractivity contribution in [1.29, 1.82) is 0 Å². The highest BCUT2D eigenvalue weighted by molar-refractivity contribution is 5.94. The van der Waals surface area contributed by atoms with Gasteiger partial charge in [-0.3, -0.25) is 38.4 Å². The minimum absolute atomic E-state index is 0.249. The van der Waals surface area contributed by atoms with E-state index in [4.69, 9.17) is 1.37 Å². The maximum Gasteiger partial charge on any atom is 0.243 e. The molecule has 0 radical (unpaired) electrons. The summed E-state index contributed by atoms with van der Waals surface area (Å²) >= 11 is 0. The first-order chi connectivity index (χ1) is 15.5. The minimum Gasteiger partial charge on any atom is -0.350 e. The van der Waals surface area contributed by atoms with Crippen molar-refractivity contribution in [3.05, 3.63) is 0 Å². The molecule has 1 heterocycles. The van der Waals surface area contributed by atoms with Gasteiger partial charge in [-0.15, -0.1) is 0 Å². The number of hydrogen-bond acceptors (Lipinski definition) is 8. The van der Waals surface area contributed by atoms with Gasteiger partial charge in [-0.1, -0.05) is 0 Å². The molecule has 32 heavy (non-hydrogen) atoms. The number of carbonyl (C=O) groups excluding carboxylic acids is 8. The fourth-order valence-electron chi connectivity index (χ4n) is 2.31. The molecule has 1 fully saturated rings. The molecule has 15 heteroatoms. The highest BCUT2D eigenvalue weighted by atomic mass is 16.2. The SMILES string of the molecule is [2H]C(=O)NCC(=O)N1CC(=O)NCC(=O)NCN(CC(=O)NCC(C)=O)C(=O)CNC(=O)C1. The Labute approximate surface area is 184 Å². The highest BCUT2D eigenvalue weighted by Gasteiger charge is 2.23. The Morgan fingerprint density at radius 1 is 1.00 bits per heavy atom. The van der Waals surface area contributed by atoms with E-state index in [9.17, 15) is 38.4 Å². The number of nitrogens with zero attached hydrogens (tertiary/aromatic N) is 2. The van der Waals surface area contributed by atoms with Crippen LogP contribution in [-0.2, 0) is 38.4 Å². The first-order valence-electron chi connectivity index (χ1n) is 9.84. The number of nitrogens with one attached hydrogen (secondary N) is 5. The predicted octanol–water partition coefficient (Wildman–Crippen LogP) is -5.59. The highest BCUT2D eigenvalue weighted by Crippen LogP contribution is 1.93. The fourth-order valence-corrected chi connectivity index (χ4v) is 2.31. The van der Waals surface area contributed by atoms with Crippen LogP contribution in [0.3, 0.4) is 0 Å². The third kappa shape index (κ3) is 10.1. The van der Waals surface area contributed by atoms with E-state index in [0.29, 0.717) is 0 Å². The van der Waals surface area contributed by atoms with E-state index in [0.717, 1.165) is 9.80 Å². The minimum atomic E-state index is -1.24. The van der Waals surface area contributed by atoms with E-state index >= 15 is 0 Å². The lowest BCUT2D eigenvalue weighted by molar-refractivity contribution is -0.141. The maximum absolute atomic E-state index is 12.4. The first-order valence-corrected chi connectivity index (χ1v) is 9.34. The van der Waals surface area contributed by atoms with Crippen LogP contribution in [0.2, 0.25) is 0 Å². The van der Waals surface area contributed by atoms with E-state index in [1.807, 2.05) is 5.32 Å². The van der Waals surface area contributed by atoms with Crippen LogP contribution in [-0.4, -0.2) is 110 Å². The Balaban J connectivity index is 2.90. The molecule has 1 aliphatic rings. The monoisotopic (exact) mass is 456 g/mol. The molecule has 1 rings (SSSR count). The molecular weight excluding hydrogens is 430 g/mol. The third-order valence-corrected chi connectivity index (χ3v) is 3.91. The molecule has 0 unspecified atom stereocenters. The molecule has 7 amide bonds. The van der Waals surface area contributed by atoms with E-state index < -0.39 is 87.8 Å². The van der Waals surface area contributed by atoms with E-state index in [-0.39, 0.29) is 12.3 Å². The van der Waals surface area contributed by atoms with Crippen molar-refractivity contribution in [2.75, 3.05) is 52.5 Å². The number of carbonyl (C=O) groups is 8. The van der Waals surface area contributed by atoms with Gasteiger partial charge in [0.1, 0.15) is 26.8 Å². The van der Waals surface area contributed by atoms with Crippen molar-refractivity contribution < 1.29 is 39.7 Å². The third-order valence-electron chi connectivity index (χ3n) is 3.91. The van der Waals surface area contributed by atoms with Gasteiger partial charge >= 0.3 is 0 Å². The van der Waals surface area contributed by atoms with Crippen molar-refractivity contribution in [3.8, 4) is 0 Å². The summed E-state index contributed by atoms with van der Waals surface area (Å²) in [6.45, 7) is -2.96. The molecule has 5 N–H and O–H groups in total. The summed E-state index contributed by atoms with van der Waals surface area (Å²) in [4.78, 5) is 96.2. The molecule has 0 saturated carbocycles. The van der Waals surface area contributed by atoms with E-state index in [2.05, 4.69) is 21.3 Å². The zero-order valence-corrected chi connectivity index (χ0v) is 17.3. The van der Waals surface area contributed by atoms with Crippen LogP contribution >= 0.6 is 0 Å². The average Bonchev–Trinajstić information content (AvgIpc) is 2.74. The van der Waals surface area contributed by atoms with Gasteiger partial charge in [0, 0.05) is 0 Å². The first kappa shape index (κ1) is 24.2. The molecule has 176 valence electrons. The van der Waals surface area contributed by atoms with E-state index in [1.54, 1.807) is 0 Å². The lowest BCUT2D eigenvalue weighted by Gasteiger charge is -2.25. The van der Waals surface area contributed by atoms with Gasteiger partial charge in [-0.2, -0.15) is 0 Å².